The summed E-state index contributed by atoms with van der Waals surface area (Å²) in [6.45, 7) is 9.70. The summed E-state index contributed by atoms with van der Waals surface area (Å²) in [4.78, 5) is 4.98. The van der Waals surface area contributed by atoms with E-state index in [1.54, 1.807) is 43.6 Å². The van der Waals surface area contributed by atoms with Gasteiger partial charge in [0.05, 0.1) is 17.5 Å². The van der Waals surface area contributed by atoms with Gasteiger partial charge in [0, 0.05) is 49.3 Å². The third-order valence-electron chi connectivity index (χ3n) is 6.06. The van der Waals surface area contributed by atoms with Crippen LogP contribution in [0.4, 0.5) is 0 Å². The molecule has 1 aliphatic rings. The normalized spacial score (nSPS) is 16.1. The molecule has 0 amide bonds. The number of nitrogens with zero attached hydrogens (tertiary/aromatic N) is 3. The number of rotatable bonds is 6. The first-order valence-corrected chi connectivity index (χ1v) is 12.3. The molecule has 0 N–H and O–H groups in total. The molecule has 0 spiro atoms. The molecule has 2 aromatic carbocycles. The molecule has 0 unspecified atom stereocenters. The van der Waals surface area contributed by atoms with Gasteiger partial charge in [-0.25, -0.2) is 12.4 Å². The molecule has 31 heavy (non-hydrogen) atoms. The molecule has 0 bridgehead atoms. The molecule has 1 saturated heterocycles. The van der Waals surface area contributed by atoms with E-state index in [2.05, 4.69) is 16.7 Å². The number of methoxy groups -OCH3 is 1. The second-order valence-electron chi connectivity index (χ2n) is 7.96. The van der Waals surface area contributed by atoms with Gasteiger partial charge < -0.3 is 9.64 Å². The summed E-state index contributed by atoms with van der Waals surface area (Å²) in [6, 6.07) is 10.4. The largest absolute Gasteiger partial charge is 0.497 e. The molecule has 3 aromatic rings. The Morgan fingerprint density at radius 2 is 1.74 bits per heavy atom. The Morgan fingerprint density at radius 1 is 1.03 bits per heavy atom. The van der Waals surface area contributed by atoms with Crippen LogP contribution in [-0.2, 0) is 16.6 Å². The topological polar surface area (TPSA) is 54.8 Å². The highest BCUT2D eigenvalue weighted by molar-refractivity contribution is 7.90. The maximum absolute atomic E-state index is 13.5. The first-order valence-electron chi connectivity index (χ1n) is 10.5. The number of hydrogen-bond acceptors (Lipinski definition) is 5. The Balaban J connectivity index is 1.66. The van der Waals surface area contributed by atoms with E-state index in [-0.39, 0.29) is 4.90 Å². The van der Waals surface area contributed by atoms with Crippen molar-refractivity contribution in [2.75, 3.05) is 39.8 Å². The minimum atomic E-state index is -3.77. The summed E-state index contributed by atoms with van der Waals surface area (Å²) in [5.74, 6) is 0.697. The van der Waals surface area contributed by atoms with Crippen molar-refractivity contribution < 1.29 is 13.2 Å². The van der Waals surface area contributed by atoms with Crippen LogP contribution in [-0.4, -0.2) is 62.0 Å². The zero-order valence-electron chi connectivity index (χ0n) is 18.1. The zero-order valence-corrected chi connectivity index (χ0v) is 19.7. The van der Waals surface area contributed by atoms with Crippen LogP contribution in [0, 0.1) is 6.92 Å². The standard InChI is InChI=1S/C23H28ClN3O3S/c1-4-25-9-11-26(12-10-25)16-18-13-20(6-7-22(18)24)31(28,29)27-15-17(2)21-14-19(30-3)5-8-23(21)27/h5-8,13-15H,4,9-12,16H2,1-3H3. The number of halogens is 1. The minimum Gasteiger partial charge on any atom is -0.497 e. The van der Waals surface area contributed by atoms with E-state index in [0.717, 1.165) is 49.2 Å². The molecule has 0 saturated carbocycles. The Labute approximate surface area is 189 Å². The van der Waals surface area contributed by atoms with Crippen molar-refractivity contribution in [3.8, 4) is 5.75 Å². The number of piperazine rings is 1. The van der Waals surface area contributed by atoms with Crippen LogP contribution in [0.2, 0.25) is 5.02 Å². The van der Waals surface area contributed by atoms with Gasteiger partial charge >= 0.3 is 0 Å². The number of aryl methyl sites for hydroxylation is 1. The fourth-order valence-corrected chi connectivity index (χ4v) is 5.77. The second-order valence-corrected chi connectivity index (χ2v) is 10.2. The van der Waals surface area contributed by atoms with Crippen molar-refractivity contribution in [2.45, 2.75) is 25.3 Å². The van der Waals surface area contributed by atoms with Crippen LogP contribution >= 0.6 is 11.6 Å². The molecular formula is C23H28ClN3O3S. The number of benzene rings is 2. The Morgan fingerprint density at radius 3 is 2.42 bits per heavy atom. The van der Waals surface area contributed by atoms with E-state index in [1.165, 1.54) is 3.97 Å². The van der Waals surface area contributed by atoms with Gasteiger partial charge in [0.15, 0.2) is 0 Å². The fourth-order valence-electron chi connectivity index (χ4n) is 4.11. The molecule has 6 nitrogen and oxygen atoms in total. The molecule has 8 heteroatoms. The summed E-state index contributed by atoms with van der Waals surface area (Å²) < 4.78 is 33.7. The number of fused-ring (bicyclic) bond motifs is 1. The van der Waals surface area contributed by atoms with Gasteiger partial charge in [-0.3, -0.25) is 4.90 Å². The third kappa shape index (κ3) is 4.32. The Hall–Kier alpha value is -2.06. The third-order valence-corrected chi connectivity index (χ3v) is 8.10. The summed E-state index contributed by atoms with van der Waals surface area (Å²) in [5, 5.41) is 1.45. The van der Waals surface area contributed by atoms with Gasteiger partial charge in [0.25, 0.3) is 10.0 Å². The molecule has 2 heterocycles. The SMILES string of the molecule is CCN1CCN(Cc2cc(S(=O)(=O)n3cc(C)c4cc(OC)ccc43)ccc2Cl)CC1. The van der Waals surface area contributed by atoms with E-state index in [4.69, 9.17) is 16.3 Å². The fraction of sp³-hybridized carbons (Fsp3) is 0.391. The summed E-state index contributed by atoms with van der Waals surface area (Å²) in [6.07, 6.45) is 1.66. The van der Waals surface area contributed by atoms with Crippen LogP contribution in [0.5, 0.6) is 5.75 Å². The number of aromatic nitrogens is 1. The van der Waals surface area contributed by atoms with Crippen molar-refractivity contribution in [1.82, 2.24) is 13.8 Å². The van der Waals surface area contributed by atoms with E-state index in [1.807, 2.05) is 13.0 Å². The van der Waals surface area contributed by atoms with Crippen molar-refractivity contribution in [1.29, 1.82) is 0 Å². The molecule has 1 fully saturated rings. The highest BCUT2D eigenvalue weighted by atomic mass is 35.5. The number of ether oxygens (including phenoxy) is 1. The van der Waals surface area contributed by atoms with Crippen molar-refractivity contribution in [2.24, 2.45) is 0 Å². The molecular weight excluding hydrogens is 434 g/mol. The molecule has 4 rings (SSSR count). The smallest absolute Gasteiger partial charge is 0.268 e. The molecule has 1 aliphatic heterocycles. The monoisotopic (exact) mass is 461 g/mol. The molecule has 0 radical (unpaired) electrons. The van der Waals surface area contributed by atoms with Crippen molar-refractivity contribution in [3.05, 3.63) is 58.7 Å². The van der Waals surface area contributed by atoms with E-state index >= 15 is 0 Å². The van der Waals surface area contributed by atoms with Gasteiger partial charge in [-0.05, 0) is 61.0 Å². The predicted octanol–water partition coefficient (Wildman–Crippen LogP) is 3.99. The average molecular weight is 462 g/mol. The van der Waals surface area contributed by atoms with Crippen LogP contribution in [0.15, 0.2) is 47.5 Å². The highest BCUT2D eigenvalue weighted by Gasteiger charge is 2.23. The second kappa shape index (κ2) is 8.82. The number of likely N-dealkylation sites (N-methyl/N-ethyl adjacent to an activating group) is 1. The predicted molar refractivity (Wildman–Crippen MR) is 125 cm³/mol. The van der Waals surface area contributed by atoms with E-state index < -0.39 is 10.0 Å². The summed E-state index contributed by atoms with van der Waals surface area (Å²) in [7, 11) is -2.17. The lowest BCUT2D eigenvalue weighted by molar-refractivity contribution is 0.132. The first kappa shape index (κ1) is 22.1. The summed E-state index contributed by atoms with van der Waals surface area (Å²) in [5.41, 5.74) is 2.34. The lowest BCUT2D eigenvalue weighted by Crippen LogP contribution is -2.45. The van der Waals surface area contributed by atoms with Gasteiger partial charge in [-0.1, -0.05) is 18.5 Å². The first-order chi connectivity index (χ1) is 14.8. The van der Waals surface area contributed by atoms with Gasteiger partial charge in [-0.15, -0.1) is 0 Å². The van der Waals surface area contributed by atoms with Crippen LogP contribution < -0.4 is 4.74 Å². The molecule has 0 aliphatic carbocycles. The van der Waals surface area contributed by atoms with Crippen molar-refractivity contribution in [3.63, 3.8) is 0 Å². The zero-order chi connectivity index (χ0) is 22.2. The van der Waals surface area contributed by atoms with Gasteiger partial charge in [0.1, 0.15) is 5.75 Å². The van der Waals surface area contributed by atoms with E-state index in [9.17, 15) is 8.42 Å². The lowest BCUT2D eigenvalue weighted by atomic mass is 10.2. The van der Waals surface area contributed by atoms with Crippen LogP contribution in [0.25, 0.3) is 10.9 Å². The summed E-state index contributed by atoms with van der Waals surface area (Å²) >= 11 is 6.45. The van der Waals surface area contributed by atoms with Crippen LogP contribution in [0.1, 0.15) is 18.1 Å². The molecule has 1 aromatic heterocycles. The maximum Gasteiger partial charge on any atom is 0.268 e. The minimum absolute atomic E-state index is 0.242. The van der Waals surface area contributed by atoms with Gasteiger partial charge in [-0.2, -0.15) is 0 Å². The van der Waals surface area contributed by atoms with Gasteiger partial charge in [0.2, 0.25) is 0 Å². The number of hydrogen-bond donors (Lipinski definition) is 0. The highest BCUT2D eigenvalue weighted by Crippen LogP contribution is 2.30. The molecule has 0 atom stereocenters. The maximum atomic E-state index is 13.5. The van der Waals surface area contributed by atoms with Crippen LogP contribution in [0.3, 0.4) is 0 Å². The quantitative estimate of drug-likeness (QED) is 0.555. The average Bonchev–Trinajstić information content (AvgIpc) is 3.12. The Bertz CT molecular complexity index is 1200. The Kier molecular flexibility index (Phi) is 6.30. The van der Waals surface area contributed by atoms with E-state index in [0.29, 0.717) is 22.8 Å². The van der Waals surface area contributed by atoms with Crippen molar-refractivity contribution >= 4 is 32.5 Å². The lowest BCUT2D eigenvalue weighted by Gasteiger charge is -2.34. The molecule has 166 valence electrons.